The van der Waals surface area contributed by atoms with Crippen LogP contribution in [0, 0.1) is 11.8 Å². The Balaban J connectivity index is 3.50. The van der Waals surface area contributed by atoms with E-state index in [0.29, 0.717) is 13.1 Å². The summed E-state index contributed by atoms with van der Waals surface area (Å²) in [6.45, 7) is 2.50. The topological polar surface area (TPSA) is 55.1 Å². The summed E-state index contributed by atoms with van der Waals surface area (Å²) in [6.07, 6.45) is 2.99. The lowest BCUT2D eigenvalue weighted by atomic mass is 10.4. The molecule has 0 saturated heterocycles. The molecule has 0 aromatic rings. The SMILES string of the molecule is CC#CCNC(=O)/C=C/CN. The average molecular weight is 152 g/mol. The molecule has 0 radical (unpaired) electrons. The second-order valence-electron chi connectivity index (χ2n) is 1.78. The minimum atomic E-state index is -0.154. The van der Waals surface area contributed by atoms with Crippen molar-refractivity contribution < 1.29 is 4.79 Å². The zero-order chi connectivity index (χ0) is 8.53. The van der Waals surface area contributed by atoms with Crippen molar-refractivity contribution in [3.63, 3.8) is 0 Å². The molecule has 0 rings (SSSR count). The highest BCUT2D eigenvalue weighted by Gasteiger charge is 1.88. The second-order valence-corrected chi connectivity index (χ2v) is 1.78. The van der Waals surface area contributed by atoms with E-state index in [9.17, 15) is 4.79 Å². The molecule has 0 aliphatic carbocycles. The van der Waals surface area contributed by atoms with Gasteiger partial charge in [0.15, 0.2) is 0 Å². The van der Waals surface area contributed by atoms with Gasteiger partial charge in [-0.1, -0.05) is 12.0 Å². The van der Waals surface area contributed by atoms with Gasteiger partial charge in [-0.2, -0.15) is 0 Å². The lowest BCUT2D eigenvalue weighted by Crippen LogP contribution is -2.21. The van der Waals surface area contributed by atoms with E-state index in [1.807, 2.05) is 0 Å². The molecule has 0 heterocycles. The molecule has 0 fully saturated rings. The second kappa shape index (κ2) is 6.84. The van der Waals surface area contributed by atoms with Gasteiger partial charge >= 0.3 is 0 Å². The maximum atomic E-state index is 10.8. The first-order valence-electron chi connectivity index (χ1n) is 3.35. The summed E-state index contributed by atoms with van der Waals surface area (Å²) >= 11 is 0. The molecule has 3 N–H and O–H groups in total. The van der Waals surface area contributed by atoms with Crippen LogP contribution in [0.4, 0.5) is 0 Å². The minimum Gasteiger partial charge on any atom is -0.342 e. The Bertz CT molecular complexity index is 198. The molecule has 3 nitrogen and oxygen atoms in total. The number of hydrogen-bond acceptors (Lipinski definition) is 2. The van der Waals surface area contributed by atoms with E-state index in [0.717, 1.165) is 0 Å². The Morgan fingerprint density at radius 1 is 1.73 bits per heavy atom. The van der Waals surface area contributed by atoms with Crippen LogP contribution in [0.3, 0.4) is 0 Å². The van der Waals surface area contributed by atoms with Crippen LogP contribution in [-0.2, 0) is 4.79 Å². The first-order chi connectivity index (χ1) is 5.31. The van der Waals surface area contributed by atoms with Crippen molar-refractivity contribution in [3.8, 4) is 11.8 Å². The predicted octanol–water partition coefficient (Wildman–Crippen LogP) is -0.359. The fraction of sp³-hybridized carbons (Fsp3) is 0.375. The fourth-order valence-corrected chi connectivity index (χ4v) is 0.454. The van der Waals surface area contributed by atoms with Gasteiger partial charge in [-0.25, -0.2) is 0 Å². The number of carbonyl (C=O) groups is 1. The largest absolute Gasteiger partial charge is 0.342 e. The first-order valence-corrected chi connectivity index (χ1v) is 3.35. The predicted molar refractivity (Wildman–Crippen MR) is 44.7 cm³/mol. The van der Waals surface area contributed by atoms with Crippen LogP contribution in [-0.4, -0.2) is 19.0 Å². The Morgan fingerprint density at radius 2 is 2.45 bits per heavy atom. The smallest absolute Gasteiger partial charge is 0.244 e. The quantitative estimate of drug-likeness (QED) is 0.428. The summed E-state index contributed by atoms with van der Waals surface area (Å²) in [7, 11) is 0. The summed E-state index contributed by atoms with van der Waals surface area (Å²) in [5, 5.41) is 2.56. The average Bonchev–Trinajstić information content (AvgIpc) is 2.01. The number of nitrogens with two attached hydrogens (primary N) is 1. The van der Waals surface area contributed by atoms with Crippen molar-refractivity contribution in [1.82, 2.24) is 5.32 Å². The van der Waals surface area contributed by atoms with E-state index in [-0.39, 0.29) is 5.91 Å². The highest BCUT2D eigenvalue weighted by atomic mass is 16.1. The van der Waals surface area contributed by atoms with Gasteiger partial charge in [-0.3, -0.25) is 4.79 Å². The third-order valence-electron chi connectivity index (χ3n) is 0.933. The Labute approximate surface area is 66.7 Å². The van der Waals surface area contributed by atoms with E-state index in [2.05, 4.69) is 17.2 Å². The Kier molecular flexibility index (Phi) is 6.05. The summed E-state index contributed by atoms with van der Waals surface area (Å²) in [5.74, 6) is 5.22. The van der Waals surface area contributed by atoms with Crippen LogP contribution in [0.1, 0.15) is 6.92 Å². The lowest BCUT2D eigenvalue weighted by molar-refractivity contribution is -0.116. The number of carbonyl (C=O) groups excluding carboxylic acids is 1. The van der Waals surface area contributed by atoms with E-state index in [4.69, 9.17) is 5.73 Å². The normalized spacial score (nSPS) is 8.91. The van der Waals surface area contributed by atoms with Crippen molar-refractivity contribution in [2.75, 3.05) is 13.1 Å². The Hall–Kier alpha value is -1.27. The first kappa shape index (κ1) is 9.73. The summed E-state index contributed by atoms with van der Waals surface area (Å²) < 4.78 is 0. The van der Waals surface area contributed by atoms with Crippen molar-refractivity contribution in [2.24, 2.45) is 5.73 Å². The summed E-state index contributed by atoms with van der Waals surface area (Å²) in [4.78, 5) is 10.8. The number of rotatable bonds is 3. The summed E-state index contributed by atoms with van der Waals surface area (Å²) in [6, 6.07) is 0. The number of nitrogens with one attached hydrogen (secondary N) is 1. The molecule has 0 aromatic heterocycles. The van der Waals surface area contributed by atoms with E-state index in [1.165, 1.54) is 6.08 Å². The maximum absolute atomic E-state index is 10.8. The van der Waals surface area contributed by atoms with Gasteiger partial charge in [0, 0.05) is 12.6 Å². The molecular weight excluding hydrogens is 140 g/mol. The molecule has 11 heavy (non-hydrogen) atoms. The van der Waals surface area contributed by atoms with Crippen LogP contribution in [0.5, 0.6) is 0 Å². The third-order valence-corrected chi connectivity index (χ3v) is 0.933. The molecule has 0 aromatic carbocycles. The van der Waals surface area contributed by atoms with E-state index >= 15 is 0 Å². The van der Waals surface area contributed by atoms with Gasteiger partial charge in [0.1, 0.15) is 0 Å². The highest BCUT2D eigenvalue weighted by molar-refractivity contribution is 5.87. The van der Waals surface area contributed by atoms with E-state index in [1.54, 1.807) is 13.0 Å². The number of hydrogen-bond donors (Lipinski definition) is 2. The lowest BCUT2D eigenvalue weighted by Gasteiger charge is -1.92. The van der Waals surface area contributed by atoms with E-state index < -0.39 is 0 Å². The maximum Gasteiger partial charge on any atom is 0.244 e. The number of amides is 1. The van der Waals surface area contributed by atoms with Crippen LogP contribution in [0.15, 0.2) is 12.2 Å². The van der Waals surface area contributed by atoms with Crippen molar-refractivity contribution in [3.05, 3.63) is 12.2 Å². The Morgan fingerprint density at radius 3 is 3.00 bits per heavy atom. The van der Waals surface area contributed by atoms with Gasteiger partial charge in [-0.05, 0) is 6.92 Å². The summed E-state index contributed by atoms with van der Waals surface area (Å²) in [5.41, 5.74) is 5.14. The molecule has 0 unspecified atom stereocenters. The van der Waals surface area contributed by atoms with Gasteiger partial charge in [0.25, 0.3) is 0 Å². The van der Waals surface area contributed by atoms with Crippen LogP contribution >= 0.6 is 0 Å². The fourth-order valence-electron chi connectivity index (χ4n) is 0.454. The van der Waals surface area contributed by atoms with Crippen LogP contribution < -0.4 is 11.1 Å². The molecule has 0 atom stereocenters. The van der Waals surface area contributed by atoms with Crippen molar-refractivity contribution in [2.45, 2.75) is 6.92 Å². The minimum absolute atomic E-state index is 0.154. The molecule has 0 saturated carbocycles. The molecule has 3 heteroatoms. The van der Waals surface area contributed by atoms with Crippen molar-refractivity contribution in [1.29, 1.82) is 0 Å². The molecular formula is C8H12N2O. The third kappa shape index (κ3) is 6.62. The van der Waals surface area contributed by atoms with Crippen molar-refractivity contribution >= 4 is 5.91 Å². The zero-order valence-electron chi connectivity index (χ0n) is 6.55. The monoisotopic (exact) mass is 152 g/mol. The molecule has 1 amide bonds. The molecule has 0 aliphatic heterocycles. The van der Waals surface area contributed by atoms with Gasteiger partial charge in [0.2, 0.25) is 5.91 Å². The van der Waals surface area contributed by atoms with Gasteiger partial charge in [0.05, 0.1) is 6.54 Å². The standard InChI is InChI=1S/C8H12N2O/c1-2-3-7-10-8(11)5-4-6-9/h4-5H,6-7,9H2,1H3,(H,10,11)/b5-4+. The van der Waals surface area contributed by atoms with Gasteiger partial charge < -0.3 is 11.1 Å². The molecule has 60 valence electrons. The zero-order valence-corrected chi connectivity index (χ0v) is 6.55. The van der Waals surface area contributed by atoms with Crippen LogP contribution in [0.25, 0.3) is 0 Å². The highest BCUT2D eigenvalue weighted by Crippen LogP contribution is 1.69. The van der Waals surface area contributed by atoms with Crippen LogP contribution in [0.2, 0.25) is 0 Å². The molecule has 0 aliphatic rings. The van der Waals surface area contributed by atoms with Gasteiger partial charge in [-0.15, -0.1) is 5.92 Å². The molecule has 0 bridgehead atoms. The molecule has 0 spiro atoms.